The number of halogens is 1. The SMILES string of the molecule is Cc1nn(CCCNS(=O)(=O)c2cn(C)nc2C)cc1Cl. The Morgan fingerprint density at radius 2 is 1.95 bits per heavy atom. The van der Waals surface area contributed by atoms with Gasteiger partial charge in [-0.05, 0) is 20.3 Å². The summed E-state index contributed by atoms with van der Waals surface area (Å²) in [5.41, 5.74) is 1.25. The molecular formula is C12H18ClN5O2S. The van der Waals surface area contributed by atoms with Crippen LogP contribution in [0.1, 0.15) is 17.8 Å². The van der Waals surface area contributed by atoms with Crippen molar-refractivity contribution < 1.29 is 8.42 Å². The predicted molar refractivity (Wildman–Crippen MR) is 79.7 cm³/mol. The second kappa shape index (κ2) is 6.17. The van der Waals surface area contributed by atoms with Crippen LogP contribution >= 0.6 is 11.6 Å². The molecule has 9 heteroatoms. The summed E-state index contributed by atoms with van der Waals surface area (Å²) in [6.07, 6.45) is 3.85. The molecule has 0 aliphatic heterocycles. The number of sulfonamides is 1. The highest BCUT2D eigenvalue weighted by atomic mass is 35.5. The highest BCUT2D eigenvalue weighted by Crippen LogP contribution is 2.13. The molecule has 0 aliphatic rings. The Morgan fingerprint density at radius 3 is 2.48 bits per heavy atom. The zero-order valence-electron chi connectivity index (χ0n) is 12.2. The molecule has 0 saturated carbocycles. The normalized spacial score (nSPS) is 12.0. The molecule has 0 spiro atoms. The van der Waals surface area contributed by atoms with Crippen LogP contribution in [0.15, 0.2) is 17.3 Å². The average Bonchev–Trinajstić information content (AvgIpc) is 2.89. The van der Waals surface area contributed by atoms with Crippen molar-refractivity contribution in [3.63, 3.8) is 0 Å². The maximum Gasteiger partial charge on any atom is 0.243 e. The lowest BCUT2D eigenvalue weighted by molar-refractivity contribution is 0.551. The third-order valence-electron chi connectivity index (χ3n) is 3.00. The van der Waals surface area contributed by atoms with Crippen molar-refractivity contribution >= 4 is 21.6 Å². The van der Waals surface area contributed by atoms with Gasteiger partial charge in [0.15, 0.2) is 0 Å². The molecule has 1 N–H and O–H groups in total. The molecule has 116 valence electrons. The highest BCUT2D eigenvalue weighted by Gasteiger charge is 2.18. The van der Waals surface area contributed by atoms with E-state index >= 15 is 0 Å². The summed E-state index contributed by atoms with van der Waals surface area (Å²) in [4.78, 5) is 0.211. The maximum absolute atomic E-state index is 12.1. The molecule has 0 aromatic carbocycles. The van der Waals surface area contributed by atoms with Crippen LogP contribution < -0.4 is 4.72 Å². The van der Waals surface area contributed by atoms with Gasteiger partial charge in [0.2, 0.25) is 10.0 Å². The first kappa shape index (κ1) is 16.0. The van der Waals surface area contributed by atoms with Crippen LogP contribution in [0.25, 0.3) is 0 Å². The highest BCUT2D eigenvalue weighted by molar-refractivity contribution is 7.89. The lowest BCUT2D eigenvalue weighted by Crippen LogP contribution is -2.26. The number of aromatic nitrogens is 4. The first-order valence-electron chi connectivity index (χ1n) is 6.49. The number of nitrogens with one attached hydrogen (secondary N) is 1. The van der Waals surface area contributed by atoms with Crippen molar-refractivity contribution in [3.05, 3.63) is 28.8 Å². The van der Waals surface area contributed by atoms with E-state index in [0.29, 0.717) is 30.2 Å². The number of rotatable bonds is 6. The Labute approximate surface area is 129 Å². The largest absolute Gasteiger partial charge is 0.274 e. The number of hydrogen-bond acceptors (Lipinski definition) is 4. The summed E-state index contributed by atoms with van der Waals surface area (Å²) in [5.74, 6) is 0. The monoisotopic (exact) mass is 331 g/mol. The van der Waals surface area contributed by atoms with Crippen molar-refractivity contribution in [2.45, 2.75) is 31.7 Å². The fraction of sp³-hybridized carbons (Fsp3) is 0.500. The van der Waals surface area contributed by atoms with Gasteiger partial charge in [0.25, 0.3) is 0 Å². The van der Waals surface area contributed by atoms with Crippen molar-refractivity contribution in [3.8, 4) is 0 Å². The molecule has 2 rings (SSSR count). The van der Waals surface area contributed by atoms with E-state index in [1.807, 2.05) is 6.92 Å². The lowest BCUT2D eigenvalue weighted by atomic mass is 10.4. The molecule has 0 unspecified atom stereocenters. The summed E-state index contributed by atoms with van der Waals surface area (Å²) >= 11 is 5.91. The van der Waals surface area contributed by atoms with Gasteiger partial charge in [-0.25, -0.2) is 13.1 Å². The predicted octanol–water partition coefficient (Wildman–Crippen LogP) is 1.26. The Hall–Kier alpha value is -1.38. The minimum Gasteiger partial charge on any atom is -0.274 e. The van der Waals surface area contributed by atoms with Crippen LogP contribution in [0.5, 0.6) is 0 Å². The Kier molecular flexibility index (Phi) is 4.70. The van der Waals surface area contributed by atoms with E-state index < -0.39 is 10.0 Å². The minimum absolute atomic E-state index is 0.211. The molecule has 21 heavy (non-hydrogen) atoms. The van der Waals surface area contributed by atoms with Crippen molar-refractivity contribution in [2.75, 3.05) is 6.54 Å². The smallest absolute Gasteiger partial charge is 0.243 e. The van der Waals surface area contributed by atoms with Gasteiger partial charge >= 0.3 is 0 Å². The van der Waals surface area contributed by atoms with Gasteiger partial charge in [0.05, 0.1) is 16.4 Å². The topological polar surface area (TPSA) is 81.8 Å². The first-order chi connectivity index (χ1) is 9.79. The third kappa shape index (κ3) is 3.84. The van der Waals surface area contributed by atoms with E-state index in [0.717, 1.165) is 5.69 Å². The average molecular weight is 332 g/mol. The second-order valence-electron chi connectivity index (χ2n) is 4.83. The summed E-state index contributed by atoms with van der Waals surface area (Å²) < 4.78 is 30.0. The fourth-order valence-corrected chi connectivity index (χ4v) is 3.42. The van der Waals surface area contributed by atoms with E-state index in [1.54, 1.807) is 24.9 Å². The molecule has 2 aromatic rings. The van der Waals surface area contributed by atoms with Gasteiger partial charge in [-0.3, -0.25) is 9.36 Å². The Balaban J connectivity index is 1.89. The van der Waals surface area contributed by atoms with Gasteiger partial charge in [-0.15, -0.1) is 0 Å². The van der Waals surface area contributed by atoms with Gasteiger partial charge in [-0.2, -0.15) is 10.2 Å². The first-order valence-corrected chi connectivity index (χ1v) is 8.35. The minimum atomic E-state index is -3.52. The molecular weight excluding hydrogens is 314 g/mol. The molecule has 0 amide bonds. The van der Waals surface area contributed by atoms with Crippen LogP contribution in [0, 0.1) is 13.8 Å². The zero-order valence-corrected chi connectivity index (χ0v) is 13.7. The quantitative estimate of drug-likeness (QED) is 0.808. The summed E-state index contributed by atoms with van der Waals surface area (Å²) in [6.45, 7) is 4.42. The van der Waals surface area contributed by atoms with E-state index in [2.05, 4.69) is 14.9 Å². The van der Waals surface area contributed by atoms with E-state index in [9.17, 15) is 8.42 Å². The van der Waals surface area contributed by atoms with Gasteiger partial charge in [0, 0.05) is 32.5 Å². The van der Waals surface area contributed by atoms with Crippen LogP contribution in [0.4, 0.5) is 0 Å². The maximum atomic E-state index is 12.1. The summed E-state index contributed by atoms with van der Waals surface area (Å²) in [6, 6.07) is 0. The van der Waals surface area contributed by atoms with E-state index in [-0.39, 0.29) is 4.90 Å². The summed E-state index contributed by atoms with van der Waals surface area (Å²) in [7, 11) is -1.83. The number of hydrogen-bond donors (Lipinski definition) is 1. The third-order valence-corrected chi connectivity index (χ3v) is 4.94. The number of nitrogens with zero attached hydrogens (tertiary/aromatic N) is 4. The zero-order chi connectivity index (χ0) is 15.6. The molecule has 0 radical (unpaired) electrons. The molecule has 7 nitrogen and oxygen atoms in total. The van der Waals surface area contributed by atoms with Crippen LogP contribution in [0.2, 0.25) is 5.02 Å². The molecule has 0 saturated heterocycles. The molecule has 0 bridgehead atoms. The standard InChI is InChI=1S/C12H18ClN5O2S/c1-9-11(13)7-18(16-9)6-4-5-14-21(19,20)12-8-17(3)15-10(12)2/h7-8,14H,4-6H2,1-3H3. The second-order valence-corrected chi connectivity index (χ2v) is 6.97. The van der Waals surface area contributed by atoms with Gasteiger partial charge < -0.3 is 0 Å². The van der Waals surface area contributed by atoms with Crippen molar-refractivity contribution in [1.29, 1.82) is 0 Å². The number of aryl methyl sites for hydroxylation is 4. The van der Waals surface area contributed by atoms with Crippen molar-refractivity contribution in [1.82, 2.24) is 24.3 Å². The molecule has 0 fully saturated rings. The van der Waals surface area contributed by atoms with Crippen LogP contribution in [-0.4, -0.2) is 34.5 Å². The van der Waals surface area contributed by atoms with E-state index in [1.165, 1.54) is 10.9 Å². The Bertz CT molecular complexity index is 715. The summed E-state index contributed by atoms with van der Waals surface area (Å²) in [5, 5.41) is 8.86. The fourth-order valence-electron chi connectivity index (χ4n) is 1.98. The van der Waals surface area contributed by atoms with Crippen molar-refractivity contribution in [2.24, 2.45) is 7.05 Å². The Morgan fingerprint density at radius 1 is 1.24 bits per heavy atom. The molecule has 0 atom stereocenters. The van der Waals surface area contributed by atoms with Crippen LogP contribution in [0.3, 0.4) is 0 Å². The van der Waals surface area contributed by atoms with E-state index in [4.69, 9.17) is 11.6 Å². The molecule has 0 aliphatic carbocycles. The van der Waals surface area contributed by atoms with Gasteiger partial charge in [-0.1, -0.05) is 11.6 Å². The molecule has 2 heterocycles. The lowest BCUT2D eigenvalue weighted by Gasteiger charge is -2.05. The molecule has 2 aromatic heterocycles. The van der Waals surface area contributed by atoms with Crippen LogP contribution in [-0.2, 0) is 23.6 Å². The van der Waals surface area contributed by atoms with Gasteiger partial charge in [0.1, 0.15) is 4.90 Å².